The maximum absolute atomic E-state index is 12.8. The number of nitrogens with zero attached hydrogens (tertiary/aromatic N) is 3. The van der Waals surface area contributed by atoms with Crippen LogP contribution in [0, 0.1) is 12.7 Å². The van der Waals surface area contributed by atoms with E-state index in [2.05, 4.69) is 10.1 Å². The summed E-state index contributed by atoms with van der Waals surface area (Å²) in [6, 6.07) is 5.98. The van der Waals surface area contributed by atoms with E-state index < -0.39 is 0 Å². The fourth-order valence-electron chi connectivity index (χ4n) is 1.91. The van der Waals surface area contributed by atoms with Gasteiger partial charge >= 0.3 is 0 Å². The van der Waals surface area contributed by atoms with Crippen molar-refractivity contribution in [3.8, 4) is 0 Å². The standard InChI is InChI=1S/C13H10FN3O2/c1-8-11-12(19-16-8)15-7-17(13(11)18)6-9-2-4-10(14)5-3-9/h2-5,7H,6H2,1H3. The third-order valence-electron chi connectivity index (χ3n) is 2.90. The molecule has 0 bridgehead atoms. The lowest BCUT2D eigenvalue weighted by Gasteiger charge is -2.04. The Hall–Kier alpha value is -2.50. The number of fused-ring (bicyclic) bond motifs is 1. The lowest BCUT2D eigenvalue weighted by atomic mass is 10.2. The molecule has 5 nitrogen and oxygen atoms in total. The first-order valence-corrected chi connectivity index (χ1v) is 5.71. The van der Waals surface area contributed by atoms with Crippen molar-refractivity contribution in [2.75, 3.05) is 0 Å². The summed E-state index contributed by atoms with van der Waals surface area (Å²) in [4.78, 5) is 16.3. The molecule has 0 saturated heterocycles. The van der Waals surface area contributed by atoms with Gasteiger partial charge in [-0.2, -0.15) is 0 Å². The predicted octanol–water partition coefficient (Wildman–Crippen LogP) is 1.88. The van der Waals surface area contributed by atoms with Gasteiger partial charge in [-0.3, -0.25) is 9.36 Å². The number of halogens is 1. The van der Waals surface area contributed by atoms with Crippen LogP contribution in [-0.2, 0) is 6.54 Å². The van der Waals surface area contributed by atoms with E-state index in [9.17, 15) is 9.18 Å². The summed E-state index contributed by atoms with van der Waals surface area (Å²) in [7, 11) is 0. The van der Waals surface area contributed by atoms with Gasteiger partial charge in [0.1, 0.15) is 17.5 Å². The minimum Gasteiger partial charge on any atom is -0.335 e. The molecule has 0 unspecified atom stereocenters. The molecule has 0 radical (unpaired) electrons. The fourth-order valence-corrected chi connectivity index (χ4v) is 1.91. The Kier molecular flexibility index (Phi) is 2.63. The van der Waals surface area contributed by atoms with Crippen molar-refractivity contribution in [1.29, 1.82) is 0 Å². The fraction of sp³-hybridized carbons (Fsp3) is 0.154. The summed E-state index contributed by atoms with van der Waals surface area (Å²) >= 11 is 0. The predicted molar refractivity (Wildman–Crippen MR) is 66.3 cm³/mol. The number of hydrogen-bond donors (Lipinski definition) is 0. The second-order valence-corrected chi connectivity index (χ2v) is 4.25. The summed E-state index contributed by atoms with van der Waals surface area (Å²) in [6.07, 6.45) is 1.40. The zero-order chi connectivity index (χ0) is 13.4. The third-order valence-corrected chi connectivity index (χ3v) is 2.90. The average molecular weight is 259 g/mol. The van der Waals surface area contributed by atoms with Gasteiger partial charge in [0.15, 0.2) is 0 Å². The van der Waals surface area contributed by atoms with Crippen LogP contribution in [0.25, 0.3) is 11.1 Å². The number of aromatic nitrogens is 3. The van der Waals surface area contributed by atoms with Crippen LogP contribution < -0.4 is 5.56 Å². The second kappa shape index (κ2) is 4.31. The van der Waals surface area contributed by atoms with Crippen molar-refractivity contribution in [2.24, 2.45) is 0 Å². The van der Waals surface area contributed by atoms with E-state index in [4.69, 9.17) is 4.52 Å². The van der Waals surface area contributed by atoms with Crippen molar-refractivity contribution in [3.05, 3.63) is 58.0 Å². The first-order valence-electron chi connectivity index (χ1n) is 5.71. The monoisotopic (exact) mass is 259 g/mol. The molecule has 3 rings (SSSR count). The molecule has 0 aliphatic carbocycles. The molecule has 2 heterocycles. The average Bonchev–Trinajstić information content (AvgIpc) is 2.78. The van der Waals surface area contributed by atoms with Crippen LogP contribution in [0.1, 0.15) is 11.3 Å². The zero-order valence-corrected chi connectivity index (χ0v) is 10.1. The highest BCUT2D eigenvalue weighted by Gasteiger charge is 2.12. The van der Waals surface area contributed by atoms with Crippen LogP contribution in [0.4, 0.5) is 4.39 Å². The second-order valence-electron chi connectivity index (χ2n) is 4.25. The molecular weight excluding hydrogens is 249 g/mol. The molecule has 0 N–H and O–H groups in total. The van der Waals surface area contributed by atoms with Crippen LogP contribution in [0.2, 0.25) is 0 Å². The maximum atomic E-state index is 12.8. The molecule has 0 amide bonds. The Bertz CT molecular complexity index is 790. The molecule has 0 aliphatic rings. The topological polar surface area (TPSA) is 60.9 Å². The van der Waals surface area contributed by atoms with Gasteiger partial charge in [0.25, 0.3) is 11.3 Å². The Balaban J connectivity index is 2.06. The summed E-state index contributed by atoms with van der Waals surface area (Å²) < 4.78 is 19.2. The summed E-state index contributed by atoms with van der Waals surface area (Å²) in [5.41, 5.74) is 1.35. The Labute approximate surface area is 107 Å². The largest absolute Gasteiger partial charge is 0.335 e. The van der Waals surface area contributed by atoms with Gasteiger partial charge in [-0.1, -0.05) is 17.3 Å². The van der Waals surface area contributed by atoms with E-state index in [-0.39, 0.29) is 17.1 Å². The summed E-state index contributed by atoms with van der Waals surface area (Å²) in [5, 5.41) is 4.10. The lowest BCUT2D eigenvalue weighted by molar-refractivity contribution is 0.442. The van der Waals surface area contributed by atoms with Crippen LogP contribution in [0.5, 0.6) is 0 Å². The molecular formula is C13H10FN3O2. The smallest absolute Gasteiger partial charge is 0.266 e. The highest BCUT2D eigenvalue weighted by Crippen LogP contribution is 2.10. The molecule has 96 valence electrons. The van der Waals surface area contributed by atoms with Crippen molar-refractivity contribution >= 4 is 11.1 Å². The minimum atomic E-state index is -0.306. The maximum Gasteiger partial charge on any atom is 0.266 e. The number of hydrogen-bond acceptors (Lipinski definition) is 4. The lowest BCUT2D eigenvalue weighted by Crippen LogP contribution is -2.21. The molecule has 0 saturated carbocycles. The molecule has 0 aliphatic heterocycles. The number of aryl methyl sites for hydroxylation is 1. The van der Waals surface area contributed by atoms with Gasteiger partial charge in [-0.15, -0.1) is 0 Å². The number of rotatable bonds is 2. The Morgan fingerprint density at radius 1 is 1.32 bits per heavy atom. The van der Waals surface area contributed by atoms with E-state index in [0.717, 1.165) is 5.56 Å². The van der Waals surface area contributed by atoms with Crippen LogP contribution in [-0.4, -0.2) is 14.7 Å². The molecule has 0 spiro atoms. The minimum absolute atomic E-state index is 0.215. The highest BCUT2D eigenvalue weighted by molar-refractivity contribution is 5.73. The van der Waals surface area contributed by atoms with Gasteiger partial charge in [0.2, 0.25) is 0 Å². The molecule has 0 atom stereocenters. The molecule has 0 fully saturated rings. The van der Waals surface area contributed by atoms with Gasteiger partial charge in [-0.25, -0.2) is 9.37 Å². The third kappa shape index (κ3) is 2.01. The van der Waals surface area contributed by atoms with Crippen molar-refractivity contribution in [3.63, 3.8) is 0 Å². The Morgan fingerprint density at radius 3 is 2.79 bits per heavy atom. The van der Waals surface area contributed by atoms with Crippen LogP contribution in [0.3, 0.4) is 0 Å². The van der Waals surface area contributed by atoms with E-state index in [1.54, 1.807) is 19.1 Å². The normalized spacial score (nSPS) is 11.1. The SMILES string of the molecule is Cc1noc2ncn(Cc3ccc(F)cc3)c(=O)c12. The number of benzene rings is 1. The van der Waals surface area contributed by atoms with E-state index >= 15 is 0 Å². The quantitative estimate of drug-likeness (QED) is 0.705. The van der Waals surface area contributed by atoms with Crippen molar-refractivity contribution in [1.82, 2.24) is 14.7 Å². The highest BCUT2D eigenvalue weighted by atomic mass is 19.1. The summed E-state index contributed by atoms with van der Waals surface area (Å²) in [5.74, 6) is -0.306. The molecule has 3 aromatic rings. The van der Waals surface area contributed by atoms with E-state index in [1.807, 2.05) is 0 Å². The Morgan fingerprint density at radius 2 is 2.05 bits per heavy atom. The van der Waals surface area contributed by atoms with Gasteiger partial charge in [-0.05, 0) is 24.6 Å². The van der Waals surface area contributed by atoms with Crippen LogP contribution >= 0.6 is 0 Å². The van der Waals surface area contributed by atoms with Gasteiger partial charge in [0, 0.05) is 0 Å². The molecule has 19 heavy (non-hydrogen) atoms. The molecule has 2 aromatic heterocycles. The van der Waals surface area contributed by atoms with E-state index in [1.165, 1.54) is 23.0 Å². The summed E-state index contributed by atoms with van der Waals surface area (Å²) in [6.45, 7) is 2.02. The van der Waals surface area contributed by atoms with Gasteiger partial charge < -0.3 is 4.52 Å². The van der Waals surface area contributed by atoms with Crippen LogP contribution in [0.15, 0.2) is 39.9 Å². The molecule has 6 heteroatoms. The van der Waals surface area contributed by atoms with E-state index in [0.29, 0.717) is 17.6 Å². The zero-order valence-electron chi connectivity index (χ0n) is 10.1. The first kappa shape index (κ1) is 11.6. The molecule has 1 aromatic carbocycles. The van der Waals surface area contributed by atoms with Crippen molar-refractivity contribution in [2.45, 2.75) is 13.5 Å². The van der Waals surface area contributed by atoms with Gasteiger partial charge in [0.05, 0.1) is 12.2 Å². The van der Waals surface area contributed by atoms with Crippen molar-refractivity contribution < 1.29 is 8.91 Å². The first-order chi connectivity index (χ1) is 9.15.